The van der Waals surface area contributed by atoms with Crippen molar-refractivity contribution in [2.24, 2.45) is 0 Å². The Hall–Kier alpha value is -3.02. The fourth-order valence-corrected chi connectivity index (χ4v) is 2.64. The highest BCUT2D eigenvalue weighted by atomic mass is 16.5. The van der Waals surface area contributed by atoms with Crippen LogP contribution in [-0.2, 0) is 16.0 Å². The Balaban J connectivity index is 1.69. The van der Waals surface area contributed by atoms with Crippen LogP contribution in [0.2, 0.25) is 0 Å². The summed E-state index contributed by atoms with van der Waals surface area (Å²) in [5.41, 5.74) is 3.77. The van der Waals surface area contributed by atoms with Gasteiger partial charge < -0.3 is 19.8 Å². The van der Waals surface area contributed by atoms with Gasteiger partial charge in [0, 0.05) is 12.1 Å². The molecule has 2 N–H and O–H groups in total. The van der Waals surface area contributed by atoms with E-state index in [4.69, 9.17) is 4.74 Å². The number of aromatic nitrogens is 2. The van der Waals surface area contributed by atoms with Gasteiger partial charge in [0.1, 0.15) is 5.75 Å². The number of nitrogens with one attached hydrogen (secondary N) is 2. The quantitative estimate of drug-likeness (QED) is 0.623. The monoisotopic (exact) mass is 353 g/mol. The zero-order valence-electron chi connectivity index (χ0n) is 15.2. The predicted octanol–water partition coefficient (Wildman–Crippen LogP) is 4.20. The number of H-pyrrole nitrogens is 1. The van der Waals surface area contributed by atoms with Crippen LogP contribution in [0.15, 0.2) is 42.5 Å². The molecule has 0 aliphatic carbocycles. The summed E-state index contributed by atoms with van der Waals surface area (Å²) < 4.78 is 10.3. The van der Waals surface area contributed by atoms with Crippen molar-refractivity contribution in [3.05, 3.63) is 48.0 Å². The van der Waals surface area contributed by atoms with E-state index in [0.29, 0.717) is 18.8 Å². The van der Waals surface area contributed by atoms with Crippen molar-refractivity contribution in [1.82, 2.24) is 9.97 Å². The van der Waals surface area contributed by atoms with Crippen LogP contribution in [0, 0.1) is 0 Å². The number of hydrogen-bond acceptors (Lipinski definition) is 5. The van der Waals surface area contributed by atoms with E-state index >= 15 is 0 Å². The standard InChI is InChI=1S/C20H23N3O3/c1-13(2)26-16-8-6-15(7-9-16)21-20-22-17-10-4-14(12-18(17)23-20)5-11-19(24)25-3/h4,6-10,12-13H,5,11H2,1-3H3,(H2,21,22,23). The summed E-state index contributed by atoms with van der Waals surface area (Å²) in [6, 6.07) is 13.7. The molecule has 3 rings (SSSR count). The van der Waals surface area contributed by atoms with Crippen molar-refractivity contribution < 1.29 is 14.3 Å². The maximum atomic E-state index is 11.3. The number of ether oxygens (including phenoxy) is 2. The van der Waals surface area contributed by atoms with Gasteiger partial charge in [-0.15, -0.1) is 0 Å². The number of carbonyl (C=O) groups excluding carboxylic acids is 1. The maximum absolute atomic E-state index is 11.3. The van der Waals surface area contributed by atoms with Crippen molar-refractivity contribution in [3.8, 4) is 5.75 Å². The zero-order chi connectivity index (χ0) is 18.5. The minimum atomic E-state index is -0.209. The van der Waals surface area contributed by atoms with Crippen LogP contribution < -0.4 is 10.1 Å². The second-order valence-electron chi connectivity index (χ2n) is 6.33. The summed E-state index contributed by atoms with van der Waals surface area (Å²) in [6.45, 7) is 4.00. The molecule has 3 aromatic rings. The third-order valence-corrected chi connectivity index (χ3v) is 3.88. The van der Waals surface area contributed by atoms with Crippen LogP contribution in [0.25, 0.3) is 11.0 Å². The molecular formula is C20H23N3O3. The molecule has 1 aromatic heterocycles. The van der Waals surface area contributed by atoms with Crippen molar-refractivity contribution >= 4 is 28.6 Å². The van der Waals surface area contributed by atoms with Crippen molar-refractivity contribution in [2.75, 3.05) is 12.4 Å². The summed E-state index contributed by atoms with van der Waals surface area (Å²) in [7, 11) is 1.40. The zero-order valence-corrected chi connectivity index (χ0v) is 15.2. The van der Waals surface area contributed by atoms with Gasteiger partial charge in [-0.25, -0.2) is 4.98 Å². The number of fused-ring (bicyclic) bond motifs is 1. The molecule has 26 heavy (non-hydrogen) atoms. The third-order valence-electron chi connectivity index (χ3n) is 3.88. The molecule has 0 aliphatic heterocycles. The summed E-state index contributed by atoms with van der Waals surface area (Å²) >= 11 is 0. The number of aromatic amines is 1. The second-order valence-corrected chi connectivity index (χ2v) is 6.33. The van der Waals surface area contributed by atoms with Crippen LogP contribution in [0.4, 0.5) is 11.6 Å². The molecule has 2 aromatic carbocycles. The van der Waals surface area contributed by atoms with Gasteiger partial charge in [-0.3, -0.25) is 4.79 Å². The molecule has 6 heteroatoms. The first-order chi connectivity index (χ1) is 12.5. The Labute approximate surface area is 152 Å². The molecule has 6 nitrogen and oxygen atoms in total. The largest absolute Gasteiger partial charge is 0.491 e. The predicted molar refractivity (Wildman–Crippen MR) is 102 cm³/mol. The molecule has 0 fully saturated rings. The van der Waals surface area contributed by atoms with E-state index in [-0.39, 0.29) is 12.1 Å². The van der Waals surface area contributed by atoms with E-state index in [1.807, 2.05) is 56.3 Å². The lowest BCUT2D eigenvalue weighted by molar-refractivity contribution is -0.140. The number of hydrogen-bond donors (Lipinski definition) is 2. The Morgan fingerprint density at radius 2 is 1.96 bits per heavy atom. The maximum Gasteiger partial charge on any atom is 0.305 e. The van der Waals surface area contributed by atoms with Crippen LogP contribution in [0.3, 0.4) is 0 Å². The van der Waals surface area contributed by atoms with Gasteiger partial charge in [0.2, 0.25) is 5.95 Å². The van der Waals surface area contributed by atoms with E-state index in [1.54, 1.807) is 0 Å². The van der Waals surface area contributed by atoms with Crippen molar-refractivity contribution in [2.45, 2.75) is 32.8 Å². The van der Waals surface area contributed by atoms with Gasteiger partial charge in [0.05, 0.1) is 24.2 Å². The van der Waals surface area contributed by atoms with Crippen LogP contribution in [-0.4, -0.2) is 29.2 Å². The van der Waals surface area contributed by atoms with Crippen molar-refractivity contribution in [3.63, 3.8) is 0 Å². The fourth-order valence-electron chi connectivity index (χ4n) is 2.64. The van der Waals surface area contributed by atoms with Gasteiger partial charge in [0.25, 0.3) is 0 Å². The molecule has 0 bridgehead atoms. The molecule has 0 radical (unpaired) electrons. The first-order valence-electron chi connectivity index (χ1n) is 8.62. The molecule has 136 valence electrons. The molecule has 0 saturated carbocycles. The molecule has 1 heterocycles. The Kier molecular flexibility index (Phi) is 5.41. The molecule has 0 saturated heterocycles. The Morgan fingerprint density at radius 1 is 1.19 bits per heavy atom. The highest BCUT2D eigenvalue weighted by molar-refractivity contribution is 5.79. The van der Waals surface area contributed by atoms with Gasteiger partial charge in [-0.05, 0) is 62.2 Å². The number of rotatable bonds is 7. The molecule has 0 aliphatic rings. The van der Waals surface area contributed by atoms with Crippen LogP contribution in [0.1, 0.15) is 25.8 Å². The van der Waals surface area contributed by atoms with Gasteiger partial charge in [0.15, 0.2) is 0 Å². The number of imidazole rings is 1. The van der Waals surface area contributed by atoms with E-state index in [9.17, 15) is 4.79 Å². The van der Waals surface area contributed by atoms with E-state index in [0.717, 1.165) is 28.0 Å². The number of nitrogens with zero attached hydrogens (tertiary/aromatic N) is 1. The lowest BCUT2D eigenvalue weighted by atomic mass is 10.1. The number of aryl methyl sites for hydroxylation is 1. The molecule has 0 unspecified atom stereocenters. The SMILES string of the molecule is COC(=O)CCc1ccc2[nH]c(Nc3ccc(OC(C)C)cc3)nc2c1. The summed E-state index contributed by atoms with van der Waals surface area (Å²) in [5.74, 6) is 1.30. The number of esters is 1. The summed E-state index contributed by atoms with van der Waals surface area (Å²) in [5, 5.41) is 3.26. The normalized spacial score (nSPS) is 10.9. The van der Waals surface area contributed by atoms with Crippen molar-refractivity contribution in [1.29, 1.82) is 0 Å². The average molecular weight is 353 g/mol. The lowest BCUT2D eigenvalue weighted by Crippen LogP contribution is -2.05. The second kappa shape index (κ2) is 7.91. The minimum absolute atomic E-state index is 0.151. The van der Waals surface area contributed by atoms with Gasteiger partial charge in [-0.1, -0.05) is 6.07 Å². The number of methoxy groups -OCH3 is 1. The topological polar surface area (TPSA) is 76.2 Å². The van der Waals surface area contributed by atoms with Gasteiger partial charge in [-0.2, -0.15) is 0 Å². The fraction of sp³-hybridized carbons (Fsp3) is 0.300. The van der Waals surface area contributed by atoms with E-state index in [2.05, 4.69) is 20.0 Å². The first-order valence-corrected chi connectivity index (χ1v) is 8.62. The molecule has 0 amide bonds. The smallest absolute Gasteiger partial charge is 0.305 e. The third kappa shape index (κ3) is 4.53. The van der Waals surface area contributed by atoms with Crippen LogP contribution in [0.5, 0.6) is 5.75 Å². The van der Waals surface area contributed by atoms with E-state index in [1.165, 1.54) is 7.11 Å². The molecular weight excluding hydrogens is 330 g/mol. The minimum Gasteiger partial charge on any atom is -0.491 e. The summed E-state index contributed by atoms with van der Waals surface area (Å²) in [4.78, 5) is 19.1. The van der Waals surface area contributed by atoms with Crippen LogP contribution >= 0.6 is 0 Å². The van der Waals surface area contributed by atoms with Gasteiger partial charge >= 0.3 is 5.97 Å². The Morgan fingerprint density at radius 3 is 2.65 bits per heavy atom. The Bertz CT molecular complexity index is 885. The highest BCUT2D eigenvalue weighted by Gasteiger charge is 2.07. The molecule has 0 atom stereocenters. The number of anilines is 2. The van der Waals surface area contributed by atoms with E-state index < -0.39 is 0 Å². The first kappa shape index (κ1) is 17.8. The highest BCUT2D eigenvalue weighted by Crippen LogP contribution is 2.22. The molecule has 0 spiro atoms. The summed E-state index contributed by atoms with van der Waals surface area (Å²) in [6.07, 6.45) is 1.15. The number of benzene rings is 2. The lowest BCUT2D eigenvalue weighted by Gasteiger charge is -2.10. The average Bonchev–Trinajstić information content (AvgIpc) is 3.02. The number of carbonyl (C=O) groups is 1.